The Bertz CT molecular complexity index is 930. The number of nitrogens with zero attached hydrogens (tertiary/aromatic N) is 2. The molecule has 0 spiro atoms. The first kappa shape index (κ1) is 20.1. The first-order valence-corrected chi connectivity index (χ1v) is 9.82. The van der Waals surface area contributed by atoms with Gasteiger partial charge in [-0.05, 0) is 59.5 Å². The zero-order valence-electron chi connectivity index (χ0n) is 15.4. The molecule has 146 valence electrons. The van der Waals surface area contributed by atoms with Crippen LogP contribution >= 0.6 is 15.9 Å². The second-order valence-electron chi connectivity index (χ2n) is 6.31. The lowest BCUT2D eigenvalue weighted by Gasteiger charge is -2.13. The van der Waals surface area contributed by atoms with Gasteiger partial charge >= 0.3 is 0 Å². The summed E-state index contributed by atoms with van der Waals surface area (Å²) in [5.74, 6) is -0.114. The van der Waals surface area contributed by atoms with Gasteiger partial charge in [0, 0.05) is 12.7 Å². The van der Waals surface area contributed by atoms with Crippen LogP contribution in [0.3, 0.4) is 0 Å². The normalized spacial score (nSPS) is 11.8. The number of carbonyl (C=O) groups excluding carboxylic acids is 1. The van der Waals surface area contributed by atoms with Crippen molar-refractivity contribution in [3.8, 4) is 11.6 Å². The first-order valence-electron chi connectivity index (χ1n) is 9.03. The van der Waals surface area contributed by atoms with Gasteiger partial charge < -0.3 is 10.1 Å². The van der Waals surface area contributed by atoms with E-state index in [0.717, 1.165) is 5.69 Å². The van der Waals surface area contributed by atoms with Crippen molar-refractivity contribution in [3.63, 3.8) is 0 Å². The Balaban J connectivity index is 1.49. The van der Waals surface area contributed by atoms with Crippen LogP contribution < -0.4 is 10.1 Å². The van der Waals surface area contributed by atoms with Crippen LogP contribution in [0, 0.1) is 5.82 Å². The summed E-state index contributed by atoms with van der Waals surface area (Å²) in [7, 11) is 0. The molecule has 28 heavy (non-hydrogen) atoms. The summed E-state index contributed by atoms with van der Waals surface area (Å²) in [6, 6.07) is 16.3. The molecule has 1 amide bonds. The van der Waals surface area contributed by atoms with Crippen molar-refractivity contribution in [2.45, 2.75) is 25.9 Å². The Morgan fingerprint density at radius 1 is 1.21 bits per heavy atom. The Morgan fingerprint density at radius 2 is 1.93 bits per heavy atom. The predicted octanol–water partition coefficient (Wildman–Crippen LogP) is 4.29. The van der Waals surface area contributed by atoms with Gasteiger partial charge in [0.1, 0.15) is 5.82 Å². The van der Waals surface area contributed by atoms with Crippen LogP contribution in [0.15, 0.2) is 65.3 Å². The predicted molar refractivity (Wildman–Crippen MR) is 109 cm³/mol. The highest BCUT2D eigenvalue weighted by Crippen LogP contribution is 2.25. The van der Waals surface area contributed by atoms with Crippen molar-refractivity contribution >= 4 is 21.8 Å². The van der Waals surface area contributed by atoms with Crippen LogP contribution in [-0.4, -0.2) is 28.3 Å². The van der Waals surface area contributed by atoms with E-state index in [4.69, 9.17) is 4.74 Å². The summed E-state index contributed by atoms with van der Waals surface area (Å²) in [5.41, 5.74) is 1.54. The Kier molecular flexibility index (Phi) is 6.81. The molecule has 0 aliphatic heterocycles. The van der Waals surface area contributed by atoms with Gasteiger partial charge in [0.05, 0.1) is 10.2 Å². The van der Waals surface area contributed by atoms with E-state index in [1.54, 1.807) is 36.0 Å². The van der Waals surface area contributed by atoms with Crippen LogP contribution in [0.5, 0.6) is 5.88 Å². The third-order valence-corrected chi connectivity index (χ3v) is 4.74. The summed E-state index contributed by atoms with van der Waals surface area (Å²) < 4.78 is 21.6. The van der Waals surface area contributed by atoms with Gasteiger partial charge in [0.15, 0.2) is 6.10 Å². The van der Waals surface area contributed by atoms with E-state index >= 15 is 0 Å². The Labute approximate surface area is 171 Å². The zero-order chi connectivity index (χ0) is 19.9. The van der Waals surface area contributed by atoms with Gasteiger partial charge in [0.25, 0.3) is 5.91 Å². The van der Waals surface area contributed by atoms with E-state index in [-0.39, 0.29) is 11.7 Å². The van der Waals surface area contributed by atoms with Gasteiger partial charge in [-0.15, -0.1) is 5.10 Å². The Hall–Kier alpha value is -2.67. The molecule has 2 aromatic carbocycles. The number of aryl methyl sites for hydroxylation is 1. The topological polar surface area (TPSA) is 56.2 Å². The molecule has 7 heteroatoms. The second-order valence-corrected chi connectivity index (χ2v) is 7.16. The number of rotatable bonds is 8. The van der Waals surface area contributed by atoms with Gasteiger partial charge in [-0.2, -0.15) is 0 Å². The molecular weight excluding hydrogens is 425 g/mol. The van der Waals surface area contributed by atoms with E-state index in [0.29, 0.717) is 35.3 Å². The molecule has 0 fully saturated rings. The van der Waals surface area contributed by atoms with Gasteiger partial charge in [0.2, 0.25) is 5.88 Å². The highest BCUT2D eigenvalue weighted by atomic mass is 79.9. The number of hydrogen-bond acceptors (Lipinski definition) is 3. The van der Waals surface area contributed by atoms with Crippen LogP contribution in [0.1, 0.15) is 18.9 Å². The zero-order valence-corrected chi connectivity index (χ0v) is 17.0. The molecule has 1 atom stereocenters. The Morgan fingerprint density at radius 3 is 2.68 bits per heavy atom. The number of aromatic nitrogens is 2. The summed E-state index contributed by atoms with van der Waals surface area (Å²) >= 11 is 3.41. The number of benzene rings is 2. The highest BCUT2D eigenvalue weighted by Gasteiger charge is 2.18. The fourth-order valence-electron chi connectivity index (χ4n) is 2.69. The second kappa shape index (κ2) is 9.50. The van der Waals surface area contributed by atoms with Crippen molar-refractivity contribution in [2.75, 3.05) is 6.54 Å². The number of nitrogens with one attached hydrogen (secondary N) is 1. The molecule has 0 bridgehead atoms. The van der Waals surface area contributed by atoms with E-state index in [1.807, 2.05) is 30.3 Å². The maximum absolute atomic E-state index is 13.6. The lowest BCUT2D eigenvalue weighted by atomic mass is 10.1. The standard InChI is InChI=1S/C21H21BrFN3O2/c1-15(20(27)24-13-7-9-16-8-5-6-12-19(16)23)28-21-18(22)14-26(25-21)17-10-3-2-4-11-17/h2-6,8,10-12,14-15H,7,9,13H2,1H3,(H,24,27). The SMILES string of the molecule is CC(Oc1nn(-c2ccccc2)cc1Br)C(=O)NCCCc1ccccc1F. The maximum atomic E-state index is 13.6. The minimum Gasteiger partial charge on any atom is -0.463 e. The van der Waals surface area contributed by atoms with Crippen LogP contribution in [0.25, 0.3) is 5.69 Å². The highest BCUT2D eigenvalue weighted by molar-refractivity contribution is 9.10. The lowest BCUT2D eigenvalue weighted by molar-refractivity contribution is -0.127. The molecule has 1 unspecified atom stereocenters. The number of para-hydroxylation sites is 1. The number of ether oxygens (including phenoxy) is 1. The molecule has 5 nitrogen and oxygen atoms in total. The van der Waals surface area contributed by atoms with E-state index in [9.17, 15) is 9.18 Å². The quantitative estimate of drug-likeness (QED) is 0.526. The van der Waals surface area contributed by atoms with Crippen molar-refractivity contribution in [2.24, 2.45) is 0 Å². The molecule has 0 saturated heterocycles. The summed E-state index contributed by atoms with van der Waals surface area (Å²) in [6.45, 7) is 2.11. The van der Waals surface area contributed by atoms with Crippen LogP contribution in [0.4, 0.5) is 4.39 Å². The minimum absolute atomic E-state index is 0.218. The summed E-state index contributed by atoms with van der Waals surface area (Å²) in [6.07, 6.45) is 2.29. The molecule has 0 saturated carbocycles. The molecule has 1 heterocycles. The summed E-state index contributed by atoms with van der Waals surface area (Å²) in [4.78, 5) is 12.3. The fourth-order valence-corrected chi connectivity index (χ4v) is 3.05. The number of hydrogen-bond donors (Lipinski definition) is 1. The third-order valence-electron chi connectivity index (χ3n) is 4.20. The molecule has 1 N–H and O–H groups in total. The minimum atomic E-state index is -0.705. The van der Waals surface area contributed by atoms with Gasteiger partial charge in [-0.3, -0.25) is 4.79 Å². The number of halogens is 2. The molecule has 3 aromatic rings. The molecule has 0 radical (unpaired) electrons. The van der Waals surface area contributed by atoms with E-state index in [2.05, 4.69) is 26.3 Å². The van der Waals surface area contributed by atoms with Gasteiger partial charge in [-0.25, -0.2) is 9.07 Å². The monoisotopic (exact) mass is 445 g/mol. The van der Waals surface area contributed by atoms with Crippen molar-refractivity contribution in [3.05, 3.63) is 76.6 Å². The smallest absolute Gasteiger partial charge is 0.260 e. The van der Waals surface area contributed by atoms with E-state index < -0.39 is 6.10 Å². The fraction of sp³-hybridized carbons (Fsp3) is 0.238. The van der Waals surface area contributed by atoms with Gasteiger partial charge in [-0.1, -0.05) is 36.4 Å². The van der Waals surface area contributed by atoms with Crippen LogP contribution in [-0.2, 0) is 11.2 Å². The molecule has 1 aromatic heterocycles. The number of amides is 1. The summed E-state index contributed by atoms with van der Waals surface area (Å²) in [5, 5.41) is 7.19. The molecular formula is C21H21BrFN3O2. The van der Waals surface area contributed by atoms with Crippen molar-refractivity contribution < 1.29 is 13.9 Å². The number of carbonyl (C=O) groups is 1. The molecule has 0 aliphatic rings. The average Bonchev–Trinajstić information content (AvgIpc) is 3.07. The van der Waals surface area contributed by atoms with Crippen molar-refractivity contribution in [1.29, 1.82) is 0 Å². The maximum Gasteiger partial charge on any atom is 0.260 e. The van der Waals surface area contributed by atoms with E-state index in [1.165, 1.54) is 6.07 Å². The largest absolute Gasteiger partial charge is 0.463 e. The molecule has 3 rings (SSSR count). The van der Waals surface area contributed by atoms with Crippen molar-refractivity contribution in [1.82, 2.24) is 15.1 Å². The third kappa shape index (κ3) is 5.19. The first-order chi connectivity index (χ1) is 13.5. The lowest BCUT2D eigenvalue weighted by Crippen LogP contribution is -2.37. The molecule has 0 aliphatic carbocycles. The van der Waals surface area contributed by atoms with Crippen LogP contribution in [0.2, 0.25) is 0 Å². The average molecular weight is 446 g/mol.